The molecule has 14 heteroatoms. The number of nitrogens with zero attached hydrogens (tertiary/aromatic N) is 2. The predicted octanol–water partition coefficient (Wildman–Crippen LogP) is 6.61. The molecule has 0 aliphatic heterocycles. The smallest absolute Gasteiger partial charge is 0.407 e. The highest BCUT2D eigenvalue weighted by Crippen LogP contribution is 2.17. The van der Waals surface area contributed by atoms with Crippen LogP contribution in [0, 0.1) is 0 Å². The standard InChI is InChI=1S/C40H70N4O10/c1-9-34(46)52-31-27-43(39(3,4)5)33(45)23-17-13-11-16-20-26-42-38(50)54-30-22-21-29-51-36(48)24-18-14-12-15-19-25-41-37(49)44(40(6,7)8)28-32-53-35(47)10-2/h9-10H,1-2,11-32H2,3-8H3,(H,41,49)(H,42,50). The van der Waals surface area contributed by atoms with Crippen molar-refractivity contribution in [2.45, 2.75) is 143 Å². The summed E-state index contributed by atoms with van der Waals surface area (Å²) in [6.07, 6.45) is 12.4. The summed E-state index contributed by atoms with van der Waals surface area (Å²) < 4.78 is 20.5. The van der Waals surface area contributed by atoms with Gasteiger partial charge in [0.1, 0.15) is 13.2 Å². The van der Waals surface area contributed by atoms with Gasteiger partial charge in [0, 0.05) is 49.2 Å². The molecule has 0 heterocycles. The number of amides is 4. The Morgan fingerprint density at radius 2 is 0.963 bits per heavy atom. The molecular formula is C40H70N4O10. The van der Waals surface area contributed by atoms with E-state index in [1.54, 1.807) is 9.80 Å². The summed E-state index contributed by atoms with van der Waals surface area (Å²) in [5.74, 6) is -1.21. The fourth-order valence-corrected chi connectivity index (χ4v) is 5.32. The van der Waals surface area contributed by atoms with Gasteiger partial charge in [0.05, 0.1) is 26.3 Å². The first-order chi connectivity index (χ1) is 25.5. The molecule has 0 saturated carbocycles. The number of rotatable bonds is 29. The number of ether oxygens (including phenoxy) is 4. The molecule has 0 unspecified atom stereocenters. The zero-order valence-corrected chi connectivity index (χ0v) is 34.1. The van der Waals surface area contributed by atoms with Gasteiger partial charge in [-0.3, -0.25) is 9.59 Å². The van der Waals surface area contributed by atoms with Gasteiger partial charge in [-0.05, 0) is 80.1 Å². The Kier molecular flexibility index (Phi) is 27.1. The van der Waals surface area contributed by atoms with Crippen LogP contribution < -0.4 is 10.6 Å². The van der Waals surface area contributed by atoms with E-state index in [0.29, 0.717) is 45.3 Å². The molecule has 0 atom stereocenters. The van der Waals surface area contributed by atoms with E-state index in [1.165, 1.54) is 0 Å². The molecule has 0 spiro atoms. The van der Waals surface area contributed by atoms with E-state index in [2.05, 4.69) is 23.8 Å². The zero-order valence-electron chi connectivity index (χ0n) is 34.1. The summed E-state index contributed by atoms with van der Waals surface area (Å²) in [6, 6.07) is -0.203. The highest BCUT2D eigenvalue weighted by atomic mass is 16.6. The van der Waals surface area contributed by atoms with Gasteiger partial charge in [0.2, 0.25) is 5.91 Å². The zero-order chi connectivity index (χ0) is 40.8. The third kappa shape index (κ3) is 26.6. The minimum absolute atomic E-state index is 0.0360. The quantitative estimate of drug-likeness (QED) is 0.0366. The Balaban J connectivity index is 3.80. The van der Waals surface area contributed by atoms with Crippen molar-refractivity contribution < 1.29 is 47.7 Å². The van der Waals surface area contributed by atoms with E-state index < -0.39 is 23.6 Å². The van der Waals surface area contributed by atoms with Gasteiger partial charge >= 0.3 is 30.0 Å². The summed E-state index contributed by atoms with van der Waals surface area (Å²) >= 11 is 0. The van der Waals surface area contributed by atoms with Crippen LogP contribution in [0.1, 0.15) is 131 Å². The molecule has 4 amide bonds. The summed E-state index contributed by atoms with van der Waals surface area (Å²) in [6.45, 7) is 20.8. The SMILES string of the molecule is C=CC(=O)OCCN(C(=O)CCCCCCCNC(=O)OCCCCOC(=O)CCCCCCCNC(=O)N(CCOC(=O)C=C)C(C)(C)C)C(C)(C)C. The minimum atomic E-state index is -0.517. The maximum Gasteiger partial charge on any atom is 0.407 e. The maximum absolute atomic E-state index is 12.7. The Morgan fingerprint density at radius 3 is 1.48 bits per heavy atom. The fourth-order valence-electron chi connectivity index (χ4n) is 5.32. The lowest BCUT2D eigenvalue weighted by atomic mass is 10.0. The van der Waals surface area contributed by atoms with Crippen LogP contribution in [0.2, 0.25) is 0 Å². The van der Waals surface area contributed by atoms with Crippen LogP contribution in [0.4, 0.5) is 9.59 Å². The molecule has 310 valence electrons. The van der Waals surface area contributed by atoms with Gasteiger partial charge in [0.25, 0.3) is 0 Å². The van der Waals surface area contributed by atoms with Crippen molar-refractivity contribution in [1.82, 2.24) is 20.4 Å². The summed E-state index contributed by atoms with van der Waals surface area (Å²) in [5.41, 5.74) is -0.797. The number of urea groups is 1. The molecule has 14 nitrogen and oxygen atoms in total. The Bertz CT molecular complexity index is 1060. The van der Waals surface area contributed by atoms with Crippen LogP contribution in [0.3, 0.4) is 0 Å². The molecule has 54 heavy (non-hydrogen) atoms. The second-order valence-corrected chi connectivity index (χ2v) is 15.0. The van der Waals surface area contributed by atoms with E-state index in [4.69, 9.17) is 18.9 Å². The Hall–Kier alpha value is -4.10. The molecule has 0 aromatic heterocycles. The summed E-state index contributed by atoms with van der Waals surface area (Å²) in [5, 5.41) is 5.68. The van der Waals surface area contributed by atoms with Gasteiger partial charge in [-0.25, -0.2) is 19.2 Å². The van der Waals surface area contributed by atoms with Crippen molar-refractivity contribution in [3.8, 4) is 0 Å². The predicted molar refractivity (Wildman–Crippen MR) is 209 cm³/mol. The van der Waals surface area contributed by atoms with Crippen LogP contribution in [0.15, 0.2) is 25.3 Å². The van der Waals surface area contributed by atoms with E-state index in [1.807, 2.05) is 41.5 Å². The molecule has 0 saturated heterocycles. The molecule has 0 aliphatic carbocycles. The number of nitrogens with one attached hydrogen (secondary N) is 2. The molecule has 0 aromatic rings. The van der Waals surface area contributed by atoms with Crippen molar-refractivity contribution >= 4 is 35.9 Å². The molecule has 0 aromatic carbocycles. The number of carbonyl (C=O) groups excluding carboxylic acids is 6. The fraction of sp³-hybridized carbons (Fsp3) is 0.750. The first kappa shape index (κ1) is 49.9. The molecular weight excluding hydrogens is 696 g/mol. The van der Waals surface area contributed by atoms with E-state index in [0.717, 1.165) is 76.4 Å². The van der Waals surface area contributed by atoms with Crippen molar-refractivity contribution in [3.63, 3.8) is 0 Å². The van der Waals surface area contributed by atoms with Gasteiger partial charge < -0.3 is 39.4 Å². The molecule has 0 radical (unpaired) electrons. The highest BCUT2D eigenvalue weighted by molar-refractivity contribution is 5.81. The van der Waals surface area contributed by atoms with Crippen LogP contribution in [-0.4, -0.2) is 109 Å². The van der Waals surface area contributed by atoms with Gasteiger partial charge in [-0.2, -0.15) is 0 Å². The highest BCUT2D eigenvalue weighted by Gasteiger charge is 2.27. The van der Waals surface area contributed by atoms with Crippen LogP contribution in [-0.2, 0) is 38.1 Å². The van der Waals surface area contributed by atoms with Gasteiger partial charge in [-0.15, -0.1) is 0 Å². The largest absolute Gasteiger partial charge is 0.466 e. The van der Waals surface area contributed by atoms with Gasteiger partial charge in [-0.1, -0.05) is 51.7 Å². The van der Waals surface area contributed by atoms with Crippen LogP contribution in [0.25, 0.3) is 0 Å². The number of esters is 3. The van der Waals surface area contributed by atoms with E-state index in [9.17, 15) is 28.8 Å². The average molecular weight is 767 g/mol. The normalized spacial score (nSPS) is 11.1. The Labute approximate surface area is 324 Å². The number of carbonyl (C=O) groups is 6. The second-order valence-electron chi connectivity index (χ2n) is 15.0. The van der Waals surface area contributed by atoms with Gasteiger partial charge in [0.15, 0.2) is 0 Å². The van der Waals surface area contributed by atoms with Crippen molar-refractivity contribution in [2.24, 2.45) is 0 Å². The van der Waals surface area contributed by atoms with Crippen molar-refractivity contribution in [2.75, 3.05) is 52.6 Å². The second kappa shape index (κ2) is 29.3. The molecule has 0 aliphatic rings. The lowest BCUT2D eigenvalue weighted by Crippen LogP contribution is -2.51. The van der Waals surface area contributed by atoms with Crippen molar-refractivity contribution in [1.29, 1.82) is 0 Å². The maximum atomic E-state index is 12.7. The molecule has 0 fully saturated rings. The van der Waals surface area contributed by atoms with Crippen LogP contribution in [0.5, 0.6) is 0 Å². The summed E-state index contributed by atoms with van der Waals surface area (Å²) in [4.78, 5) is 75.3. The third-order valence-electron chi connectivity index (χ3n) is 8.32. The van der Waals surface area contributed by atoms with Crippen LogP contribution >= 0.6 is 0 Å². The number of alkyl carbamates (subject to hydrolysis) is 1. The number of hydrogen-bond donors (Lipinski definition) is 2. The van der Waals surface area contributed by atoms with Crippen molar-refractivity contribution in [3.05, 3.63) is 25.3 Å². The first-order valence-corrected chi connectivity index (χ1v) is 19.5. The lowest BCUT2D eigenvalue weighted by molar-refractivity contribution is -0.144. The topological polar surface area (TPSA) is 170 Å². The Morgan fingerprint density at radius 1 is 0.519 bits per heavy atom. The molecule has 0 rings (SSSR count). The number of unbranched alkanes of at least 4 members (excludes halogenated alkanes) is 9. The first-order valence-electron chi connectivity index (χ1n) is 19.5. The average Bonchev–Trinajstić information content (AvgIpc) is 3.10. The van der Waals surface area contributed by atoms with E-state index in [-0.39, 0.29) is 56.4 Å². The third-order valence-corrected chi connectivity index (χ3v) is 8.32. The lowest BCUT2D eigenvalue weighted by Gasteiger charge is -2.35. The minimum Gasteiger partial charge on any atom is -0.466 e. The number of hydrogen-bond acceptors (Lipinski definition) is 10. The summed E-state index contributed by atoms with van der Waals surface area (Å²) in [7, 11) is 0. The van der Waals surface area contributed by atoms with E-state index >= 15 is 0 Å². The monoisotopic (exact) mass is 767 g/mol. The molecule has 0 bridgehead atoms. The molecule has 2 N–H and O–H groups in total.